The van der Waals surface area contributed by atoms with Gasteiger partial charge in [-0.3, -0.25) is 4.79 Å². The summed E-state index contributed by atoms with van der Waals surface area (Å²) in [6.45, 7) is 0.984. The van der Waals surface area contributed by atoms with Crippen LogP contribution in [0.3, 0.4) is 0 Å². The lowest BCUT2D eigenvalue weighted by atomic mass is 9.96. The standard InChI is InChI=1S/C15H21BrN4O/c1-4-9-20-14(21)13(16)12(10-18-20)17-11-15(19(2)3)7-5-6-8-15/h1,10,17H,5-9,11H2,2-3H3. The maximum Gasteiger partial charge on any atom is 0.284 e. The SMILES string of the molecule is C#CCn1ncc(NCC2(N(C)C)CCCC2)c(Br)c1=O. The van der Waals surface area contributed by atoms with Crippen LogP contribution in [0.25, 0.3) is 0 Å². The summed E-state index contributed by atoms with van der Waals surface area (Å²) in [6, 6.07) is 0. The molecule has 21 heavy (non-hydrogen) atoms. The molecule has 5 nitrogen and oxygen atoms in total. The number of anilines is 1. The molecule has 6 heteroatoms. The first kappa shape index (κ1) is 16.1. The van der Waals surface area contributed by atoms with Gasteiger partial charge in [-0.05, 0) is 42.9 Å². The monoisotopic (exact) mass is 352 g/mol. The molecule has 1 aliphatic carbocycles. The van der Waals surface area contributed by atoms with Gasteiger partial charge in [-0.1, -0.05) is 18.8 Å². The zero-order chi connectivity index (χ0) is 15.5. The van der Waals surface area contributed by atoms with Gasteiger partial charge < -0.3 is 10.2 Å². The Morgan fingerprint density at radius 3 is 2.76 bits per heavy atom. The first-order valence-electron chi connectivity index (χ1n) is 7.10. The second-order valence-corrected chi connectivity index (χ2v) is 6.51. The van der Waals surface area contributed by atoms with Crippen LogP contribution in [-0.4, -0.2) is 40.9 Å². The largest absolute Gasteiger partial charge is 0.381 e. The van der Waals surface area contributed by atoms with E-state index in [1.807, 2.05) is 0 Å². The van der Waals surface area contributed by atoms with Crippen LogP contribution in [-0.2, 0) is 6.54 Å². The Hall–Kier alpha value is -1.32. The van der Waals surface area contributed by atoms with E-state index in [0.717, 1.165) is 12.2 Å². The molecule has 1 aliphatic rings. The summed E-state index contributed by atoms with van der Waals surface area (Å²) >= 11 is 3.35. The van der Waals surface area contributed by atoms with Crippen LogP contribution in [0.4, 0.5) is 5.69 Å². The van der Waals surface area contributed by atoms with Crippen LogP contribution in [0.5, 0.6) is 0 Å². The Balaban J connectivity index is 2.15. The minimum atomic E-state index is -0.205. The fraction of sp³-hybridized carbons (Fsp3) is 0.600. The number of rotatable bonds is 5. The number of terminal acetylenes is 1. The minimum Gasteiger partial charge on any atom is -0.381 e. The molecule has 0 bridgehead atoms. The smallest absolute Gasteiger partial charge is 0.284 e. The number of nitrogens with zero attached hydrogens (tertiary/aromatic N) is 3. The van der Waals surface area contributed by atoms with Crippen molar-refractivity contribution in [2.24, 2.45) is 0 Å². The molecular weight excluding hydrogens is 332 g/mol. The summed E-state index contributed by atoms with van der Waals surface area (Å²) in [6.07, 6.45) is 11.7. The van der Waals surface area contributed by atoms with Crippen LogP contribution < -0.4 is 10.9 Å². The van der Waals surface area contributed by atoms with Crippen LogP contribution >= 0.6 is 15.9 Å². The predicted octanol–water partition coefficient (Wildman–Crippen LogP) is 1.93. The van der Waals surface area contributed by atoms with E-state index in [0.29, 0.717) is 4.47 Å². The van der Waals surface area contributed by atoms with E-state index in [4.69, 9.17) is 6.42 Å². The Morgan fingerprint density at radius 2 is 2.19 bits per heavy atom. The lowest BCUT2D eigenvalue weighted by Crippen LogP contribution is -2.47. The average Bonchev–Trinajstić information content (AvgIpc) is 2.93. The molecule has 0 amide bonds. The van der Waals surface area contributed by atoms with Crippen LogP contribution in [0.2, 0.25) is 0 Å². The van der Waals surface area contributed by atoms with Gasteiger partial charge >= 0.3 is 0 Å². The molecule has 0 aliphatic heterocycles. The molecule has 1 aromatic rings. The third kappa shape index (κ3) is 3.30. The molecule has 0 atom stereocenters. The normalized spacial score (nSPS) is 16.9. The highest BCUT2D eigenvalue weighted by atomic mass is 79.9. The van der Waals surface area contributed by atoms with E-state index < -0.39 is 0 Å². The first-order valence-corrected chi connectivity index (χ1v) is 7.90. The Bertz CT molecular complexity index is 597. The van der Waals surface area contributed by atoms with E-state index in [-0.39, 0.29) is 17.6 Å². The molecule has 1 heterocycles. The van der Waals surface area contributed by atoms with Crippen molar-refractivity contribution in [3.05, 3.63) is 21.0 Å². The van der Waals surface area contributed by atoms with Crippen molar-refractivity contribution in [2.75, 3.05) is 26.0 Å². The molecule has 1 fully saturated rings. The maximum absolute atomic E-state index is 12.1. The van der Waals surface area contributed by atoms with Crippen molar-refractivity contribution < 1.29 is 0 Å². The Kier molecular flexibility index (Phi) is 5.07. The minimum absolute atomic E-state index is 0.160. The number of hydrogen-bond acceptors (Lipinski definition) is 4. The van der Waals surface area contributed by atoms with Gasteiger partial charge in [0.1, 0.15) is 11.0 Å². The summed E-state index contributed by atoms with van der Waals surface area (Å²) in [5.41, 5.74) is 0.678. The lowest BCUT2D eigenvalue weighted by Gasteiger charge is -2.36. The molecule has 0 saturated heterocycles. The van der Waals surface area contributed by atoms with Gasteiger partial charge in [-0.15, -0.1) is 6.42 Å². The molecule has 0 radical (unpaired) electrons. The molecule has 1 N–H and O–H groups in total. The summed E-state index contributed by atoms with van der Waals surface area (Å²) in [5, 5.41) is 7.47. The number of hydrogen-bond donors (Lipinski definition) is 1. The highest BCUT2D eigenvalue weighted by Gasteiger charge is 2.35. The van der Waals surface area contributed by atoms with E-state index in [9.17, 15) is 4.79 Å². The fourth-order valence-electron chi connectivity index (χ4n) is 2.86. The predicted molar refractivity (Wildman–Crippen MR) is 88.4 cm³/mol. The average molecular weight is 353 g/mol. The van der Waals surface area contributed by atoms with Crippen LogP contribution in [0, 0.1) is 12.3 Å². The number of halogens is 1. The Morgan fingerprint density at radius 1 is 1.52 bits per heavy atom. The lowest BCUT2D eigenvalue weighted by molar-refractivity contribution is 0.172. The van der Waals surface area contributed by atoms with E-state index in [1.54, 1.807) is 6.20 Å². The Labute approximate surface area is 133 Å². The second kappa shape index (κ2) is 6.63. The number of aromatic nitrogens is 2. The quantitative estimate of drug-likeness (QED) is 0.822. The molecular formula is C15H21BrN4O. The summed E-state index contributed by atoms with van der Waals surface area (Å²) in [4.78, 5) is 14.4. The second-order valence-electron chi connectivity index (χ2n) is 5.72. The van der Waals surface area contributed by atoms with E-state index >= 15 is 0 Å². The third-order valence-corrected chi connectivity index (χ3v) is 5.08. The zero-order valence-corrected chi connectivity index (χ0v) is 14.1. The van der Waals surface area contributed by atoms with Gasteiger partial charge in [-0.25, -0.2) is 4.68 Å². The molecule has 1 aromatic heterocycles. The van der Waals surface area contributed by atoms with Gasteiger partial charge in [0.15, 0.2) is 0 Å². The fourth-order valence-corrected chi connectivity index (χ4v) is 3.31. The van der Waals surface area contributed by atoms with E-state index in [1.165, 1.54) is 30.4 Å². The van der Waals surface area contributed by atoms with Gasteiger partial charge in [-0.2, -0.15) is 5.10 Å². The topological polar surface area (TPSA) is 50.2 Å². The molecule has 2 rings (SSSR count). The summed E-state index contributed by atoms with van der Waals surface area (Å²) in [5.74, 6) is 2.42. The molecule has 0 unspecified atom stereocenters. The summed E-state index contributed by atoms with van der Waals surface area (Å²) < 4.78 is 1.76. The maximum atomic E-state index is 12.1. The van der Waals surface area contributed by atoms with Crippen molar-refractivity contribution in [3.8, 4) is 12.3 Å². The van der Waals surface area contributed by atoms with Crippen LogP contribution in [0.1, 0.15) is 25.7 Å². The van der Waals surface area contributed by atoms with Crippen molar-refractivity contribution in [2.45, 2.75) is 37.8 Å². The highest BCUT2D eigenvalue weighted by molar-refractivity contribution is 9.10. The highest BCUT2D eigenvalue weighted by Crippen LogP contribution is 2.34. The van der Waals surface area contributed by atoms with Gasteiger partial charge in [0.25, 0.3) is 5.56 Å². The van der Waals surface area contributed by atoms with Gasteiger partial charge in [0.2, 0.25) is 0 Å². The van der Waals surface area contributed by atoms with Crippen molar-refractivity contribution in [3.63, 3.8) is 0 Å². The summed E-state index contributed by atoms with van der Waals surface area (Å²) in [7, 11) is 4.23. The van der Waals surface area contributed by atoms with Crippen molar-refractivity contribution in [1.29, 1.82) is 0 Å². The number of nitrogens with one attached hydrogen (secondary N) is 1. The first-order chi connectivity index (χ1) is 10.00. The number of likely N-dealkylation sites (N-methyl/N-ethyl adjacent to an activating group) is 1. The molecule has 0 aromatic carbocycles. The van der Waals surface area contributed by atoms with Gasteiger partial charge in [0.05, 0.1) is 11.9 Å². The molecule has 114 valence electrons. The molecule has 0 spiro atoms. The van der Waals surface area contributed by atoms with Gasteiger partial charge in [0, 0.05) is 12.1 Å². The van der Waals surface area contributed by atoms with Crippen LogP contribution in [0.15, 0.2) is 15.5 Å². The van der Waals surface area contributed by atoms with Crippen molar-refractivity contribution in [1.82, 2.24) is 14.7 Å². The molecule has 1 saturated carbocycles. The van der Waals surface area contributed by atoms with E-state index in [2.05, 4.69) is 51.3 Å². The third-order valence-electron chi connectivity index (χ3n) is 4.32. The zero-order valence-electron chi connectivity index (χ0n) is 12.5. The van der Waals surface area contributed by atoms with Crippen molar-refractivity contribution >= 4 is 21.6 Å².